The SMILES string of the molecule is CC1COc2c(N3CCN(C)CC3)c(F)cc3c(=O)c(C(=O)O)cn1c23.CN(C)c1ccc(O)c2c1C[C@H]1C[C@H]3[C@H](N(C)C)C(=O)C(C(N)=O)=C(O)[C@@]3(O)C(=O)C1=C2O. The zero-order valence-electron chi connectivity index (χ0n) is 33.4. The summed E-state index contributed by atoms with van der Waals surface area (Å²) < 4.78 is 22.6. The number of carbonyl (C=O) groups is 4. The number of carbonyl (C=O) groups excluding carboxylic acids is 3. The van der Waals surface area contributed by atoms with Crippen LogP contribution in [0.3, 0.4) is 0 Å². The number of benzene rings is 2. The van der Waals surface area contributed by atoms with Gasteiger partial charge in [-0.25, -0.2) is 9.18 Å². The Balaban J connectivity index is 0.000000184. The number of anilines is 2. The van der Waals surface area contributed by atoms with Crippen molar-refractivity contribution in [3.05, 3.63) is 74.0 Å². The first kappa shape index (κ1) is 41.2. The second kappa shape index (κ2) is 14.7. The van der Waals surface area contributed by atoms with E-state index in [-0.39, 0.29) is 53.3 Å². The summed E-state index contributed by atoms with van der Waals surface area (Å²) in [6, 6.07) is 3.00. The van der Waals surface area contributed by atoms with E-state index in [1.807, 2.05) is 37.9 Å². The van der Waals surface area contributed by atoms with Crippen molar-refractivity contribution in [3.8, 4) is 11.5 Å². The average Bonchev–Trinajstić information content (AvgIpc) is 3.15. The lowest BCUT2D eigenvalue weighted by Gasteiger charge is -2.50. The first-order chi connectivity index (χ1) is 27.7. The van der Waals surface area contributed by atoms with Crippen LogP contribution >= 0.6 is 0 Å². The summed E-state index contributed by atoms with van der Waals surface area (Å²) in [6.07, 6.45) is 1.67. The number of ketones is 2. The third-order valence-electron chi connectivity index (χ3n) is 12.3. The number of phenols is 1. The summed E-state index contributed by atoms with van der Waals surface area (Å²) in [6.45, 7) is 5.08. The minimum atomic E-state index is -2.63. The molecule has 1 saturated carbocycles. The number of ether oxygens (including phenoxy) is 1. The largest absolute Gasteiger partial charge is 0.508 e. The highest BCUT2D eigenvalue weighted by atomic mass is 19.1. The minimum Gasteiger partial charge on any atom is -0.508 e. The maximum atomic E-state index is 15.0. The molecule has 17 nitrogen and oxygen atoms in total. The molecule has 1 unspecified atom stereocenters. The molecule has 3 heterocycles. The molecular weight excluding hydrogens is 771 g/mol. The first-order valence-corrected chi connectivity index (χ1v) is 19.1. The molecule has 8 rings (SSSR count). The molecule has 1 amide bonds. The fourth-order valence-corrected chi connectivity index (χ4v) is 9.34. The lowest BCUT2D eigenvalue weighted by atomic mass is 9.57. The second-order valence-corrected chi connectivity index (χ2v) is 16.3. The molecule has 2 fully saturated rings. The Morgan fingerprint density at radius 3 is 2.29 bits per heavy atom. The fourth-order valence-electron chi connectivity index (χ4n) is 9.34. The molecule has 59 heavy (non-hydrogen) atoms. The first-order valence-electron chi connectivity index (χ1n) is 19.1. The average molecular weight is 819 g/mol. The number of primary amides is 1. The summed E-state index contributed by atoms with van der Waals surface area (Å²) in [5.41, 5.74) is 2.92. The van der Waals surface area contributed by atoms with E-state index in [9.17, 15) is 53.9 Å². The lowest BCUT2D eigenvalue weighted by molar-refractivity contribution is -0.153. The number of Topliss-reactive ketones (excluding diaryl/α,β-unsaturated/α-hetero) is 2. The molecule has 1 saturated heterocycles. The molecule has 18 heteroatoms. The van der Waals surface area contributed by atoms with Gasteiger partial charge in [0.25, 0.3) is 5.91 Å². The van der Waals surface area contributed by atoms with Crippen LogP contribution in [0.1, 0.15) is 40.9 Å². The number of aliphatic hydroxyl groups is 3. The van der Waals surface area contributed by atoms with Crippen molar-refractivity contribution in [1.29, 1.82) is 0 Å². The molecule has 5 aliphatic rings. The Hall–Kier alpha value is -5.98. The molecule has 3 aromatic rings. The Labute approximate surface area is 337 Å². The number of aliphatic hydroxyl groups excluding tert-OH is 2. The van der Waals surface area contributed by atoms with E-state index in [1.54, 1.807) is 24.7 Å². The summed E-state index contributed by atoms with van der Waals surface area (Å²) in [7, 11) is 8.76. The number of carboxylic acids is 1. The van der Waals surface area contributed by atoms with Gasteiger partial charge < -0.3 is 55.3 Å². The van der Waals surface area contributed by atoms with E-state index in [2.05, 4.69) is 4.90 Å². The normalized spacial score (nSPS) is 25.2. The van der Waals surface area contributed by atoms with Gasteiger partial charge in [-0.2, -0.15) is 0 Å². The fraction of sp³-hybridized carbons (Fsp3) is 0.439. The molecule has 0 bridgehead atoms. The Morgan fingerprint density at radius 1 is 1.03 bits per heavy atom. The second-order valence-electron chi connectivity index (χ2n) is 16.3. The molecular formula is C41H47FN6O11. The smallest absolute Gasteiger partial charge is 0.341 e. The standard InChI is InChI=1S/C23H27N3O7.C18H20FN3O4/c1-25(2)12-5-6-13(27)15-10(12)7-9-8-11-17(26(3)4)19(29)16(22(24)32)21(31)23(11,33)20(30)14(9)18(15)28;1-10-9-26-17-14-11(16(23)12(18(24)25)8-22(10)14)7-13(19)15(17)21-5-3-20(2)4-6-21/h5-6,9,11,17,27-28,31,33H,7-8H2,1-4H3,(H2,24,32);7-8,10H,3-6,9H2,1-2H3,(H,24,25)/t9-,11-,17-,23-;/m0./s1. The number of piperazine rings is 1. The van der Waals surface area contributed by atoms with Crippen molar-refractivity contribution in [1.82, 2.24) is 14.4 Å². The molecule has 2 aromatic carbocycles. The van der Waals surface area contributed by atoms with Crippen molar-refractivity contribution in [2.24, 2.45) is 17.6 Å². The number of aromatic nitrogens is 1. The number of fused-ring (bicyclic) bond motifs is 3. The molecule has 3 aliphatic carbocycles. The van der Waals surface area contributed by atoms with Crippen LogP contribution in [0.5, 0.6) is 11.5 Å². The maximum Gasteiger partial charge on any atom is 0.341 e. The van der Waals surface area contributed by atoms with E-state index in [0.29, 0.717) is 35.6 Å². The van der Waals surface area contributed by atoms with Crippen LogP contribution in [-0.2, 0) is 20.8 Å². The van der Waals surface area contributed by atoms with Crippen molar-refractivity contribution in [2.75, 3.05) is 77.8 Å². The number of rotatable bonds is 5. The number of pyridine rings is 1. The van der Waals surface area contributed by atoms with Gasteiger partial charge in [0.05, 0.1) is 28.6 Å². The molecule has 0 radical (unpaired) electrons. The Bertz CT molecular complexity index is 2470. The van der Waals surface area contributed by atoms with Gasteiger partial charge in [0.2, 0.25) is 11.2 Å². The number of aromatic hydroxyl groups is 1. The highest BCUT2D eigenvalue weighted by Gasteiger charge is 2.64. The third kappa shape index (κ3) is 6.27. The number of hydrogen-bond acceptors (Lipinski definition) is 14. The molecule has 1 aromatic heterocycles. The van der Waals surface area contributed by atoms with Gasteiger partial charge in [-0.15, -0.1) is 0 Å². The van der Waals surface area contributed by atoms with Crippen LogP contribution in [0.2, 0.25) is 0 Å². The van der Waals surface area contributed by atoms with Crippen molar-refractivity contribution in [2.45, 2.75) is 37.5 Å². The van der Waals surface area contributed by atoms with Gasteiger partial charge in [0, 0.05) is 63.6 Å². The van der Waals surface area contributed by atoms with Gasteiger partial charge >= 0.3 is 5.97 Å². The maximum absolute atomic E-state index is 15.0. The van der Waals surface area contributed by atoms with E-state index in [0.717, 1.165) is 24.8 Å². The zero-order chi connectivity index (χ0) is 43.2. The van der Waals surface area contributed by atoms with Crippen LogP contribution in [0, 0.1) is 17.7 Å². The van der Waals surface area contributed by atoms with Crippen LogP contribution in [0.4, 0.5) is 15.8 Å². The summed E-state index contributed by atoms with van der Waals surface area (Å²) in [4.78, 5) is 70.1. The minimum absolute atomic E-state index is 0.0434. The van der Waals surface area contributed by atoms with Gasteiger partial charge in [-0.3, -0.25) is 24.1 Å². The summed E-state index contributed by atoms with van der Waals surface area (Å²) in [5.74, 6) is -8.08. The van der Waals surface area contributed by atoms with Crippen LogP contribution < -0.4 is 25.7 Å². The van der Waals surface area contributed by atoms with Crippen molar-refractivity contribution in [3.63, 3.8) is 0 Å². The quantitative estimate of drug-likeness (QED) is 0.201. The molecule has 2 aliphatic heterocycles. The Kier molecular flexibility index (Phi) is 10.3. The summed E-state index contributed by atoms with van der Waals surface area (Å²) >= 11 is 0. The number of halogens is 1. The predicted octanol–water partition coefficient (Wildman–Crippen LogP) is 1.57. The van der Waals surface area contributed by atoms with Crippen LogP contribution in [0.15, 0.2) is 46.1 Å². The van der Waals surface area contributed by atoms with Gasteiger partial charge in [-0.1, -0.05) is 0 Å². The van der Waals surface area contributed by atoms with Gasteiger partial charge in [-0.05, 0) is 70.6 Å². The van der Waals surface area contributed by atoms with E-state index < -0.39 is 75.3 Å². The van der Waals surface area contributed by atoms with Crippen molar-refractivity contribution >= 4 is 51.5 Å². The number of aromatic carboxylic acids is 1. The topological polar surface area (TPSA) is 240 Å². The predicted molar refractivity (Wildman–Crippen MR) is 214 cm³/mol. The van der Waals surface area contributed by atoms with E-state index in [1.165, 1.54) is 17.2 Å². The molecule has 7 N–H and O–H groups in total. The highest BCUT2D eigenvalue weighted by Crippen LogP contribution is 2.53. The third-order valence-corrected chi connectivity index (χ3v) is 12.3. The number of nitrogens with zero attached hydrogens (tertiary/aromatic N) is 5. The molecule has 5 atom stereocenters. The highest BCUT2D eigenvalue weighted by molar-refractivity contribution is 6.24. The molecule has 314 valence electrons. The zero-order valence-corrected chi connectivity index (χ0v) is 33.4. The van der Waals surface area contributed by atoms with Gasteiger partial charge in [0.1, 0.15) is 40.7 Å². The van der Waals surface area contributed by atoms with Crippen molar-refractivity contribution < 1.29 is 53.8 Å². The van der Waals surface area contributed by atoms with E-state index >= 15 is 0 Å². The number of likely N-dealkylation sites (N-methyl/N-ethyl adjacent to an activating group) is 2. The molecule has 0 spiro atoms. The number of nitrogens with two attached hydrogens (primary N) is 1. The number of carboxylic acid groups (broad SMARTS) is 1. The summed E-state index contributed by atoms with van der Waals surface area (Å²) in [5, 5.41) is 53.3. The Morgan fingerprint density at radius 2 is 1.69 bits per heavy atom. The van der Waals surface area contributed by atoms with E-state index in [4.69, 9.17) is 10.5 Å². The van der Waals surface area contributed by atoms with Gasteiger partial charge in [0.15, 0.2) is 23.0 Å². The van der Waals surface area contributed by atoms with Crippen LogP contribution in [-0.4, -0.2) is 143 Å². The van der Waals surface area contributed by atoms with Crippen LogP contribution in [0.25, 0.3) is 16.7 Å². The lowest BCUT2D eigenvalue weighted by Crippen LogP contribution is -2.65. The number of phenolic OH excluding ortho intramolecular Hbond substituents is 1. The number of hydrogen-bond donors (Lipinski definition) is 6. The monoisotopic (exact) mass is 818 g/mol. The number of amides is 1.